The molecule has 0 aliphatic heterocycles. The van der Waals surface area contributed by atoms with E-state index in [1.54, 1.807) is 12.1 Å². The number of hydrogen-bond acceptors (Lipinski definition) is 2. The highest BCUT2D eigenvalue weighted by molar-refractivity contribution is 6.12. The van der Waals surface area contributed by atoms with E-state index in [1.165, 1.54) is 0 Å². The van der Waals surface area contributed by atoms with Gasteiger partial charge >= 0.3 is 0 Å². The van der Waals surface area contributed by atoms with Crippen LogP contribution in [0.3, 0.4) is 0 Å². The first kappa shape index (κ1) is 15.2. The maximum atomic E-state index is 11.0. The first-order valence-electron chi connectivity index (χ1n) is 9.16. The van der Waals surface area contributed by atoms with E-state index in [0.29, 0.717) is 0 Å². The number of phenolic OH excluding ortho intramolecular Hbond substituents is 2. The van der Waals surface area contributed by atoms with Gasteiger partial charge in [-0.15, -0.1) is 0 Å². The smallest absolute Gasteiger partial charge is 0.147 e. The molecule has 0 amide bonds. The lowest BCUT2D eigenvalue weighted by Crippen LogP contribution is -1.81. The van der Waals surface area contributed by atoms with Crippen LogP contribution in [-0.2, 0) is 0 Å². The third-order valence-corrected chi connectivity index (χ3v) is 5.55. The van der Waals surface area contributed by atoms with Crippen molar-refractivity contribution in [3.8, 4) is 22.6 Å². The van der Waals surface area contributed by atoms with Crippen molar-refractivity contribution < 1.29 is 10.2 Å². The fraction of sp³-hybridized carbons (Fsp3) is 0. The van der Waals surface area contributed by atoms with E-state index in [1.807, 2.05) is 42.5 Å². The van der Waals surface area contributed by atoms with Crippen molar-refractivity contribution >= 4 is 43.6 Å². The third-order valence-electron chi connectivity index (χ3n) is 5.55. The van der Waals surface area contributed by atoms with Gasteiger partial charge in [0.05, 0.1) is 11.0 Å². The number of H-pyrrole nitrogens is 2. The van der Waals surface area contributed by atoms with Crippen LogP contribution < -0.4 is 0 Å². The molecular weight excluding hydrogens is 348 g/mol. The average molecular weight is 364 g/mol. The summed E-state index contributed by atoms with van der Waals surface area (Å²) in [6, 6.07) is 23.5. The van der Waals surface area contributed by atoms with E-state index in [0.717, 1.165) is 54.7 Å². The van der Waals surface area contributed by atoms with Gasteiger partial charge in [0.1, 0.15) is 11.5 Å². The molecule has 6 aromatic rings. The standard InChI is InChI=1S/C24H16N2O2/c27-14-6-8-18-17-7-5-13(11-21(17)25-22(18)12-14)15-9-10-19-16-3-1-2-4-20(16)26-23(19)24(15)28/h1-12,25-28H. The van der Waals surface area contributed by atoms with Crippen LogP contribution in [0.15, 0.2) is 72.8 Å². The van der Waals surface area contributed by atoms with Crippen LogP contribution in [0, 0.1) is 0 Å². The minimum atomic E-state index is 0.237. The normalized spacial score (nSPS) is 11.9. The van der Waals surface area contributed by atoms with Crippen LogP contribution in [0.1, 0.15) is 0 Å². The largest absolute Gasteiger partial charge is 0.508 e. The Bertz CT molecular complexity index is 1540. The number of aromatic amines is 2. The summed E-state index contributed by atoms with van der Waals surface area (Å²) < 4.78 is 0. The lowest BCUT2D eigenvalue weighted by Gasteiger charge is -2.06. The SMILES string of the molecule is Oc1ccc2c(c1)[nH]c1cc(-c3ccc4c([nH]c5ccccc54)c3O)ccc12. The molecule has 0 bridgehead atoms. The van der Waals surface area contributed by atoms with Gasteiger partial charge < -0.3 is 20.2 Å². The Hall–Kier alpha value is -3.92. The summed E-state index contributed by atoms with van der Waals surface area (Å²) in [5.74, 6) is 0.489. The van der Waals surface area contributed by atoms with Gasteiger partial charge in [0.25, 0.3) is 0 Å². The Labute approximate surface area is 159 Å². The second kappa shape index (κ2) is 5.30. The molecule has 2 aromatic heterocycles. The highest BCUT2D eigenvalue weighted by Gasteiger charge is 2.14. The molecule has 0 radical (unpaired) electrons. The van der Waals surface area contributed by atoms with E-state index in [-0.39, 0.29) is 11.5 Å². The molecule has 0 unspecified atom stereocenters. The van der Waals surface area contributed by atoms with Crippen molar-refractivity contribution in [2.24, 2.45) is 0 Å². The zero-order chi connectivity index (χ0) is 18.8. The van der Waals surface area contributed by atoms with Crippen LogP contribution >= 0.6 is 0 Å². The molecule has 2 heterocycles. The molecule has 28 heavy (non-hydrogen) atoms. The first-order chi connectivity index (χ1) is 13.7. The molecule has 4 aromatic carbocycles. The monoisotopic (exact) mass is 364 g/mol. The number of aromatic hydroxyl groups is 2. The van der Waals surface area contributed by atoms with Crippen LogP contribution in [0.2, 0.25) is 0 Å². The Kier molecular flexibility index (Phi) is 2.87. The van der Waals surface area contributed by atoms with Crippen molar-refractivity contribution in [2.45, 2.75) is 0 Å². The van der Waals surface area contributed by atoms with Gasteiger partial charge in [-0.1, -0.05) is 36.4 Å². The topological polar surface area (TPSA) is 72.0 Å². The molecular formula is C24H16N2O2. The summed E-state index contributed by atoms with van der Waals surface area (Å²) in [4.78, 5) is 6.69. The number of rotatable bonds is 1. The molecule has 0 atom stereocenters. The van der Waals surface area contributed by atoms with Crippen molar-refractivity contribution in [1.82, 2.24) is 9.97 Å². The number of para-hydroxylation sites is 1. The molecule has 0 aliphatic carbocycles. The highest BCUT2D eigenvalue weighted by Crippen LogP contribution is 2.40. The fourth-order valence-corrected chi connectivity index (χ4v) is 4.20. The quantitative estimate of drug-likeness (QED) is 0.287. The lowest BCUT2D eigenvalue weighted by atomic mass is 10.0. The second-order valence-corrected chi connectivity index (χ2v) is 7.17. The maximum absolute atomic E-state index is 11.0. The minimum absolute atomic E-state index is 0.237. The van der Waals surface area contributed by atoms with Gasteiger partial charge in [0.2, 0.25) is 0 Å². The second-order valence-electron chi connectivity index (χ2n) is 7.17. The summed E-state index contributed by atoms with van der Waals surface area (Å²) in [5.41, 5.74) is 5.33. The van der Waals surface area contributed by atoms with Crippen molar-refractivity contribution in [1.29, 1.82) is 0 Å². The van der Waals surface area contributed by atoms with Gasteiger partial charge in [-0.05, 0) is 35.9 Å². The van der Waals surface area contributed by atoms with Gasteiger partial charge in [-0.3, -0.25) is 0 Å². The fourth-order valence-electron chi connectivity index (χ4n) is 4.20. The highest BCUT2D eigenvalue weighted by atomic mass is 16.3. The van der Waals surface area contributed by atoms with E-state index in [4.69, 9.17) is 0 Å². The molecule has 6 rings (SSSR count). The summed E-state index contributed by atoms with van der Waals surface area (Å²) in [5, 5.41) is 25.0. The molecule has 0 aliphatic rings. The van der Waals surface area contributed by atoms with Gasteiger partial charge in [-0.2, -0.15) is 0 Å². The molecule has 0 saturated carbocycles. The van der Waals surface area contributed by atoms with Crippen LogP contribution in [0.25, 0.3) is 54.7 Å². The predicted octanol–water partition coefficient (Wildman–Crippen LogP) is 6.03. The Morgan fingerprint density at radius 1 is 0.571 bits per heavy atom. The van der Waals surface area contributed by atoms with Gasteiger partial charge in [0, 0.05) is 44.2 Å². The summed E-state index contributed by atoms with van der Waals surface area (Å²) >= 11 is 0. The van der Waals surface area contributed by atoms with Gasteiger partial charge in [-0.25, -0.2) is 0 Å². The number of aromatic nitrogens is 2. The first-order valence-corrected chi connectivity index (χ1v) is 9.16. The van der Waals surface area contributed by atoms with E-state index < -0.39 is 0 Å². The zero-order valence-corrected chi connectivity index (χ0v) is 14.8. The van der Waals surface area contributed by atoms with E-state index in [9.17, 15) is 10.2 Å². The molecule has 0 fully saturated rings. The number of nitrogens with one attached hydrogen (secondary N) is 2. The Morgan fingerprint density at radius 3 is 2.18 bits per heavy atom. The molecule has 0 spiro atoms. The van der Waals surface area contributed by atoms with Crippen molar-refractivity contribution in [2.75, 3.05) is 0 Å². The van der Waals surface area contributed by atoms with E-state index >= 15 is 0 Å². The molecule has 4 heteroatoms. The van der Waals surface area contributed by atoms with Crippen molar-refractivity contribution in [3.05, 3.63) is 72.8 Å². The summed E-state index contributed by atoms with van der Waals surface area (Å²) in [7, 11) is 0. The number of hydrogen-bond donors (Lipinski definition) is 4. The van der Waals surface area contributed by atoms with Crippen LogP contribution in [0.5, 0.6) is 11.5 Å². The number of benzene rings is 4. The minimum Gasteiger partial charge on any atom is -0.508 e. The van der Waals surface area contributed by atoms with Gasteiger partial charge in [0.15, 0.2) is 0 Å². The predicted molar refractivity (Wildman–Crippen MR) is 114 cm³/mol. The van der Waals surface area contributed by atoms with Crippen LogP contribution in [-0.4, -0.2) is 20.2 Å². The van der Waals surface area contributed by atoms with Crippen LogP contribution in [0.4, 0.5) is 0 Å². The summed E-state index contributed by atoms with van der Waals surface area (Å²) in [6.45, 7) is 0. The number of phenols is 2. The number of fused-ring (bicyclic) bond motifs is 6. The molecule has 4 nitrogen and oxygen atoms in total. The maximum Gasteiger partial charge on any atom is 0.147 e. The Morgan fingerprint density at radius 2 is 1.29 bits per heavy atom. The third kappa shape index (κ3) is 2.00. The zero-order valence-electron chi connectivity index (χ0n) is 14.8. The Balaban J connectivity index is 1.59. The van der Waals surface area contributed by atoms with E-state index in [2.05, 4.69) is 28.2 Å². The molecule has 134 valence electrons. The summed E-state index contributed by atoms with van der Waals surface area (Å²) in [6.07, 6.45) is 0. The lowest BCUT2D eigenvalue weighted by molar-refractivity contribution is 0.476. The average Bonchev–Trinajstić information content (AvgIpc) is 3.26. The molecule has 0 saturated heterocycles. The van der Waals surface area contributed by atoms with Crippen molar-refractivity contribution in [3.63, 3.8) is 0 Å². The molecule has 4 N–H and O–H groups in total.